The van der Waals surface area contributed by atoms with Gasteiger partial charge in [0.25, 0.3) is 0 Å². The number of rotatable bonds is 7. The molecule has 1 aliphatic heterocycles. The molecule has 33 heavy (non-hydrogen) atoms. The van der Waals surface area contributed by atoms with Gasteiger partial charge in [0.15, 0.2) is 11.5 Å². The highest BCUT2D eigenvalue weighted by Gasteiger charge is 2.27. The van der Waals surface area contributed by atoms with Crippen molar-refractivity contribution in [3.8, 4) is 0 Å². The van der Waals surface area contributed by atoms with E-state index >= 15 is 0 Å². The zero-order valence-corrected chi connectivity index (χ0v) is 21.3. The van der Waals surface area contributed by atoms with Gasteiger partial charge >= 0.3 is 12.1 Å². The molecule has 0 saturated carbocycles. The maximum atomic E-state index is 12.6. The average molecular weight is 477 g/mol. The van der Waals surface area contributed by atoms with Crippen LogP contribution in [0.5, 0.6) is 0 Å². The summed E-state index contributed by atoms with van der Waals surface area (Å²) in [5, 5.41) is 5.80. The molecule has 2 atom stereocenters. The van der Waals surface area contributed by atoms with Crippen molar-refractivity contribution < 1.29 is 19.1 Å². The first-order valence-electron chi connectivity index (χ1n) is 11.5. The summed E-state index contributed by atoms with van der Waals surface area (Å²) >= 11 is 0. The minimum absolute atomic E-state index is 0.0502. The van der Waals surface area contributed by atoms with Crippen LogP contribution in [-0.4, -0.2) is 72.5 Å². The number of ether oxygens (including phenoxy) is 2. The number of nitrogens with zero attached hydrogens (tertiary/aromatic N) is 4. The van der Waals surface area contributed by atoms with Gasteiger partial charge in [-0.15, -0.1) is 0 Å². The van der Waals surface area contributed by atoms with Crippen LogP contribution in [-0.2, 0) is 16.2 Å². The molecular formula is C22H36N6O4Si. The fourth-order valence-electron chi connectivity index (χ4n) is 3.77. The molecule has 0 aromatic carbocycles. The lowest BCUT2D eigenvalue weighted by atomic mass is 9.97. The minimum Gasteiger partial charge on any atom is -0.453 e. The number of amides is 3. The third kappa shape index (κ3) is 7.16. The second-order valence-corrected chi connectivity index (χ2v) is 15.4. The van der Waals surface area contributed by atoms with E-state index in [4.69, 9.17) is 9.47 Å². The van der Waals surface area contributed by atoms with Gasteiger partial charge in [-0.1, -0.05) is 26.6 Å². The molecule has 0 unspecified atom stereocenters. The van der Waals surface area contributed by atoms with Crippen molar-refractivity contribution in [2.24, 2.45) is 5.92 Å². The summed E-state index contributed by atoms with van der Waals surface area (Å²) in [6.45, 7) is 11.4. The number of carbonyl (C=O) groups is 2. The molecule has 1 fully saturated rings. The number of hydrogen-bond donors (Lipinski definition) is 2. The number of urea groups is 1. The van der Waals surface area contributed by atoms with E-state index in [-0.39, 0.29) is 24.1 Å². The zero-order chi connectivity index (χ0) is 24.0. The lowest BCUT2D eigenvalue weighted by Crippen LogP contribution is -2.42. The van der Waals surface area contributed by atoms with E-state index in [0.717, 1.165) is 19.1 Å². The summed E-state index contributed by atoms with van der Waals surface area (Å²) < 4.78 is 12.5. The summed E-state index contributed by atoms with van der Waals surface area (Å²) in [4.78, 5) is 35.0. The van der Waals surface area contributed by atoms with E-state index in [1.165, 1.54) is 7.11 Å². The fourth-order valence-corrected chi connectivity index (χ4v) is 4.52. The number of aromatic nitrogens is 3. The summed E-state index contributed by atoms with van der Waals surface area (Å²) in [7, 11) is 0.261. The summed E-state index contributed by atoms with van der Waals surface area (Å²) in [6, 6.07) is 2.59. The molecular weight excluding hydrogens is 440 g/mol. The highest BCUT2D eigenvalue weighted by molar-refractivity contribution is 6.76. The largest absolute Gasteiger partial charge is 0.453 e. The number of fused-ring (bicyclic) bond motifs is 1. The van der Waals surface area contributed by atoms with Crippen LogP contribution in [0.4, 0.5) is 15.4 Å². The van der Waals surface area contributed by atoms with Crippen LogP contribution >= 0.6 is 0 Å². The van der Waals surface area contributed by atoms with Crippen LogP contribution in [0.15, 0.2) is 18.5 Å². The van der Waals surface area contributed by atoms with Crippen LogP contribution in [0.1, 0.15) is 19.8 Å². The SMILES string of the molecule is COC(=O)N1CC[C@@H](C)[C@@H](NC(=O)Nc2cnc3c(ccn3COCC[Si](C)(C)C)n2)CC1. The molecule has 3 amide bonds. The van der Waals surface area contributed by atoms with Crippen molar-refractivity contribution >= 4 is 37.2 Å². The number of hydrogen-bond acceptors (Lipinski definition) is 6. The molecule has 1 aliphatic rings. The monoisotopic (exact) mass is 476 g/mol. The Morgan fingerprint density at radius 2 is 2.00 bits per heavy atom. The number of likely N-dealkylation sites (tertiary alicyclic amines) is 1. The minimum atomic E-state index is -1.12. The Morgan fingerprint density at radius 1 is 1.24 bits per heavy atom. The summed E-state index contributed by atoms with van der Waals surface area (Å²) in [5.41, 5.74) is 1.41. The second-order valence-electron chi connectivity index (χ2n) is 9.81. The Labute approximate surface area is 196 Å². The molecule has 11 heteroatoms. The number of anilines is 1. The number of carbonyl (C=O) groups excluding carboxylic acids is 2. The quantitative estimate of drug-likeness (QED) is 0.465. The van der Waals surface area contributed by atoms with Crippen LogP contribution in [0, 0.1) is 5.92 Å². The molecule has 2 aromatic rings. The molecule has 2 N–H and O–H groups in total. The maximum absolute atomic E-state index is 12.6. The van der Waals surface area contributed by atoms with Crippen LogP contribution < -0.4 is 10.6 Å². The van der Waals surface area contributed by atoms with Crippen LogP contribution in [0.3, 0.4) is 0 Å². The van der Waals surface area contributed by atoms with E-state index in [9.17, 15) is 9.59 Å². The van der Waals surface area contributed by atoms with E-state index in [0.29, 0.717) is 43.2 Å². The fraction of sp³-hybridized carbons (Fsp3) is 0.636. The molecule has 2 aromatic heterocycles. The van der Waals surface area contributed by atoms with E-state index in [2.05, 4.69) is 47.2 Å². The van der Waals surface area contributed by atoms with Crippen molar-refractivity contribution in [1.82, 2.24) is 24.8 Å². The normalized spacial score (nSPS) is 19.2. The Hall–Kier alpha value is -2.66. The molecule has 1 saturated heterocycles. The van der Waals surface area contributed by atoms with E-state index in [1.54, 1.807) is 11.1 Å². The van der Waals surface area contributed by atoms with Crippen LogP contribution in [0.2, 0.25) is 25.7 Å². The molecule has 0 bridgehead atoms. The van der Waals surface area contributed by atoms with E-state index in [1.807, 2.05) is 16.8 Å². The lowest BCUT2D eigenvalue weighted by molar-refractivity contribution is 0.0899. The van der Waals surface area contributed by atoms with Crippen molar-refractivity contribution in [3.63, 3.8) is 0 Å². The van der Waals surface area contributed by atoms with Gasteiger partial charge in [-0.2, -0.15) is 0 Å². The third-order valence-electron chi connectivity index (χ3n) is 5.93. The second kappa shape index (κ2) is 11.0. The van der Waals surface area contributed by atoms with Crippen LogP contribution in [0.25, 0.3) is 11.2 Å². The van der Waals surface area contributed by atoms with Gasteiger partial charge in [0.2, 0.25) is 0 Å². The summed E-state index contributed by atoms with van der Waals surface area (Å²) in [5.74, 6) is 0.615. The first-order valence-corrected chi connectivity index (χ1v) is 15.2. The molecule has 3 rings (SSSR count). The average Bonchev–Trinajstić information content (AvgIpc) is 3.07. The molecule has 182 valence electrons. The van der Waals surface area contributed by atoms with Crippen molar-refractivity contribution in [2.75, 3.05) is 32.1 Å². The highest BCUT2D eigenvalue weighted by atomic mass is 28.3. The van der Waals surface area contributed by atoms with Gasteiger partial charge in [-0.25, -0.2) is 19.6 Å². The predicted octanol–water partition coefficient (Wildman–Crippen LogP) is 3.73. The van der Waals surface area contributed by atoms with Crippen molar-refractivity contribution in [2.45, 2.75) is 58.2 Å². The number of nitrogens with one attached hydrogen (secondary N) is 2. The zero-order valence-electron chi connectivity index (χ0n) is 20.3. The molecule has 0 radical (unpaired) electrons. The maximum Gasteiger partial charge on any atom is 0.409 e. The Bertz CT molecular complexity index is 960. The molecule has 10 nitrogen and oxygen atoms in total. The smallest absolute Gasteiger partial charge is 0.409 e. The molecule has 0 aliphatic carbocycles. The van der Waals surface area contributed by atoms with E-state index < -0.39 is 8.07 Å². The summed E-state index contributed by atoms with van der Waals surface area (Å²) in [6.07, 6.45) is 4.57. The van der Waals surface area contributed by atoms with Gasteiger partial charge in [-0.05, 0) is 30.9 Å². The van der Waals surface area contributed by atoms with Gasteiger partial charge in [0, 0.05) is 40.0 Å². The van der Waals surface area contributed by atoms with Crippen molar-refractivity contribution in [1.29, 1.82) is 0 Å². The molecule has 0 spiro atoms. The Balaban J connectivity index is 1.54. The van der Waals surface area contributed by atoms with Gasteiger partial charge < -0.3 is 24.3 Å². The third-order valence-corrected chi connectivity index (χ3v) is 7.64. The van der Waals surface area contributed by atoms with Gasteiger partial charge in [0.05, 0.1) is 13.3 Å². The van der Waals surface area contributed by atoms with Gasteiger partial charge in [-0.3, -0.25) is 5.32 Å². The predicted molar refractivity (Wildman–Crippen MR) is 130 cm³/mol. The Morgan fingerprint density at radius 3 is 2.73 bits per heavy atom. The Kier molecular flexibility index (Phi) is 8.30. The van der Waals surface area contributed by atoms with Gasteiger partial charge in [0.1, 0.15) is 12.2 Å². The molecule has 3 heterocycles. The lowest BCUT2D eigenvalue weighted by Gasteiger charge is -2.22. The first-order chi connectivity index (χ1) is 15.7. The highest BCUT2D eigenvalue weighted by Crippen LogP contribution is 2.19. The number of methoxy groups -OCH3 is 1. The topological polar surface area (TPSA) is 111 Å². The van der Waals surface area contributed by atoms with Crippen molar-refractivity contribution in [3.05, 3.63) is 18.5 Å². The first kappa shape index (κ1) is 25.0. The standard InChI is InChI=1S/C22H36N6O4Si/c1-16-6-9-27(22(30)31-2)10-7-17(16)25-21(29)26-19-14-23-20-18(24-19)8-11-28(20)15-32-12-13-33(3,4)5/h8,11,14,16-17H,6-7,9-10,12-13,15H2,1-5H3,(H2,24,25,26,29)/t16-,17+/m1/s1.